The highest BCUT2D eigenvalue weighted by molar-refractivity contribution is 8.04. The molecule has 0 saturated heterocycles. The maximum absolute atomic E-state index is 13.4. The second-order valence-electron chi connectivity index (χ2n) is 5.98. The molecule has 0 radical (unpaired) electrons. The van der Waals surface area contributed by atoms with Gasteiger partial charge in [-0.1, -0.05) is 23.9 Å². The van der Waals surface area contributed by atoms with Crippen LogP contribution in [0.25, 0.3) is 0 Å². The highest BCUT2D eigenvalue weighted by Crippen LogP contribution is 2.47. The fourth-order valence-corrected chi connectivity index (χ4v) is 4.29. The molecule has 1 unspecified atom stereocenters. The Balaban J connectivity index is 1.64. The summed E-state index contributed by atoms with van der Waals surface area (Å²) in [4.78, 5) is 14.1. The van der Waals surface area contributed by atoms with Gasteiger partial charge in [0.15, 0.2) is 5.78 Å². The molecule has 5 heteroatoms. The molecule has 122 valence electrons. The first-order valence-electron chi connectivity index (χ1n) is 7.79. The van der Waals surface area contributed by atoms with Crippen molar-refractivity contribution in [3.63, 3.8) is 0 Å². The summed E-state index contributed by atoms with van der Waals surface area (Å²) < 4.78 is 18.7. The van der Waals surface area contributed by atoms with Crippen molar-refractivity contribution < 1.29 is 13.9 Å². The molecule has 4 rings (SSSR count). The number of fused-ring (bicyclic) bond motifs is 1. The third kappa shape index (κ3) is 2.69. The number of methoxy groups -OCH3 is 1. The monoisotopic (exact) mass is 341 g/mol. The average Bonchev–Trinajstić information content (AvgIpc) is 2.60. The van der Waals surface area contributed by atoms with Gasteiger partial charge in [-0.3, -0.25) is 4.79 Å². The van der Waals surface area contributed by atoms with E-state index in [0.717, 1.165) is 34.0 Å². The number of halogens is 1. The molecule has 1 heterocycles. The van der Waals surface area contributed by atoms with Crippen LogP contribution in [0.15, 0.2) is 58.0 Å². The van der Waals surface area contributed by atoms with E-state index in [1.807, 2.05) is 24.3 Å². The summed E-state index contributed by atoms with van der Waals surface area (Å²) in [7, 11) is 1.64. The molecule has 0 bridgehead atoms. The van der Waals surface area contributed by atoms with E-state index in [0.29, 0.717) is 11.3 Å². The summed E-state index contributed by atoms with van der Waals surface area (Å²) in [6.07, 6.45) is 1.23. The predicted octanol–water partition coefficient (Wildman–Crippen LogP) is 4.71. The van der Waals surface area contributed by atoms with Gasteiger partial charge < -0.3 is 10.1 Å². The number of benzene rings is 2. The van der Waals surface area contributed by atoms with Gasteiger partial charge >= 0.3 is 0 Å². The molecular weight excluding hydrogens is 325 g/mol. The Morgan fingerprint density at radius 1 is 1.21 bits per heavy atom. The van der Waals surface area contributed by atoms with Crippen LogP contribution >= 0.6 is 11.8 Å². The lowest BCUT2D eigenvalue weighted by atomic mass is 9.85. The van der Waals surface area contributed by atoms with Gasteiger partial charge in [0, 0.05) is 17.0 Å². The van der Waals surface area contributed by atoms with Crippen LogP contribution in [0.5, 0.6) is 5.75 Å². The van der Waals surface area contributed by atoms with E-state index in [9.17, 15) is 9.18 Å². The number of thioether (sulfide) groups is 1. The lowest BCUT2D eigenvalue weighted by Crippen LogP contribution is -2.23. The van der Waals surface area contributed by atoms with Crippen molar-refractivity contribution in [3.05, 3.63) is 64.4 Å². The highest BCUT2D eigenvalue weighted by atomic mass is 32.2. The number of ketones is 1. The van der Waals surface area contributed by atoms with Crippen molar-refractivity contribution in [2.24, 2.45) is 0 Å². The largest absolute Gasteiger partial charge is 0.497 e. The molecule has 2 aliphatic rings. The summed E-state index contributed by atoms with van der Waals surface area (Å²) in [5.41, 5.74) is 2.90. The van der Waals surface area contributed by atoms with Crippen LogP contribution in [0, 0.1) is 5.82 Å². The van der Waals surface area contributed by atoms with Crippen LogP contribution < -0.4 is 10.1 Å². The van der Waals surface area contributed by atoms with Crippen molar-refractivity contribution in [1.29, 1.82) is 0 Å². The molecule has 0 amide bonds. The molecule has 0 saturated carbocycles. The van der Waals surface area contributed by atoms with E-state index in [1.165, 1.54) is 23.9 Å². The first-order valence-corrected chi connectivity index (χ1v) is 8.60. The fourth-order valence-electron chi connectivity index (χ4n) is 3.21. The molecule has 3 nitrogen and oxygen atoms in total. The number of hydrogen-bond acceptors (Lipinski definition) is 4. The van der Waals surface area contributed by atoms with E-state index >= 15 is 0 Å². The summed E-state index contributed by atoms with van der Waals surface area (Å²) in [6.45, 7) is 0. The number of ether oxygens (including phenoxy) is 1. The van der Waals surface area contributed by atoms with Gasteiger partial charge in [0.25, 0.3) is 0 Å². The Morgan fingerprint density at radius 2 is 2.08 bits per heavy atom. The van der Waals surface area contributed by atoms with Gasteiger partial charge in [0.2, 0.25) is 0 Å². The summed E-state index contributed by atoms with van der Waals surface area (Å²) in [6, 6.07) is 12.5. The molecule has 1 aliphatic heterocycles. The van der Waals surface area contributed by atoms with Crippen LogP contribution in [-0.2, 0) is 4.79 Å². The maximum atomic E-state index is 13.4. The third-order valence-electron chi connectivity index (χ3n) is 4.42. The Labute approximate surface area is 143 Å². The average molecular weight is 341 g/mol. The van der Waals surface area contributed by atoms with Crippen molar-refractivity contribution >= 4 is 23.2 Å². The lowest BCUT2D eigenvalue weighted by Gasteiger charge is -2.31. The first kappa shape index (κ1) is 15.3. The molecule has 24 heavy (non-hydrogen) atoms. The van der Waals surface area contributed by atoms with Crippen molar-refractivity contribution in [2.75, 3.05) is 12.4 Å². The number of hydrogen-bond donors (Lipinski definition) is 1. The predicted molar refractivity (Wildman–Crippen MR) is 92.9 cm³/mol. The number of Topliss-reactive ketones (excluding diaryl/α,β-unsaturated/α-hetero) is 1. The first-order chi connectivity index (χ1) is 11.6. The second-order valence-corrected chi connectivity index (χ2v) is 7.03. The van der Waals surface area contributed by atoms with Crippen LogP contribution in [0.4, 0.5) is 10.1 Å². The van der Waals surface area contributed by atoms with E-state index in [1.54, 1.807) is 13.2 Å². The number of allylic oxidation sites excluding steroid dienone is 2. The third-order valence-corrected chi connectivity index (χ3v) is 5.65. The zero-order valence-corrected chi connectivity index (χ0v) is 14.0. The number of rotatable bonds is 2. The number of anilines is 1. The quantitative estimate of drug-likeness (QED) is 0.858. The lowest BCUT2D eigenvalue weighted by molar-refractivity contribution is -0.115. The highest BCUT2D eigenvalue weighted by Gasteiger charge is 2.32. The Hall–Kier alpha value is -2.27. The Bertz CT molecular complexity index is 862. The molecule has 2 aromatic rings. The maximum Gasteiger partial charge on any atom is 0.171 e. The van der Waals surface area contributed by atoms with E-state index < -0.39 is 0 Å². The molecule has 1 atom stereocenters. The van der Waals surface area contributed by atoms with Crippen LogP contribution in [0.3, 0.4) is 0 Å². The smallest absolute Gasteiger partial charge is 0.171 e. The van der Waals surface area contributed by atoms with Gasteiger partial charge in [-0.2, -0.15) is 0 Å². The fraction of sp³-hybridized carbons (Fsp3) is 0.211. The molecule has 1 N–H and O–H groups in total. The topological polar surface area (TPSA) is 38.3 Å². The minimum Gasteiger partial charge on any atom is -0.497 e. The molecule has 1 aliphatic carbocycles. The summed E-state index contributed by atoms with van der Waals surface area (Å²) in [5, 5.41) is 3.32. The van der Waals surface area contributed by atoms with E-state index in [4.69, 9.17) is 4.74 Å². The SMILES string of the molecule is COc1cccc(C2CC(=O)C3=C(C2)Nc2ccc(F)cc2S3)c1. The Morgan fingerprint density at radius 3 is 2.92 bits per heavy atom. The summed E-state index contributed by atoms with van der Waals surface area (Å²) in [5.74, 6) is 0.745. The molecule has 0 aromatic heterocycles. The molecule has 0 spiro atoms. The van der Waals surface area contributed by atoms with Crippen LogP contribution in [-0.4, -0.2) is 12.9 Å². The van der Waals surface area contributed by atoms with Crippen LogP contribution in [0.1, 0.15) is 24.3 Å². The van der Waals surface area contributed by atoms with Gasteiger partial charge in [0.1, 0.15) is 11.6 Å². The zero-order chi connectivity index (χ0) is 16.7. The van der Waals surface area contributed by atoms with Crippen molar-refractivity contribution in [1.82, 2.24) is 0 Å². The summed E-state index contributed by atoms with van der Waals surface area (Å²) >= 11 is 1.37. The van der Waals surface area contributed by atoms with E-state index in [2.05, 4.69) is 5.32 Å². The number of nitrogens with one attached hydrogen (secondary N) is 1. The number of carbonyl (C=O) groups excluding carboxylic acids is 1. The minimum absolute atomic E-state index is 0.108. The van der Waals surface area contributed by atoms with Gasteiger partial charge in [-0.25, -0.2) is 4.39 Å². The standard InChI is InChI=1S/C19H16FNO2S/c1-23-14-4-2-3-11(7-14)12-8-16-19(17(22)9-12)24-18-10-13(20)5-6-15(18)21-16/h2-7,10,12,21H,8-9H2,1H3. The molecule has 2 aromatic carbocycles. The van der Waals surface area contributed by atoms with Gasteiger partial charge in [-0.05, 0) is 48.2 Å². The molecule has 0 fully saturated rings. The van der Waals surface area contributed by atoms with Crippen molar-refractivity contribution in [2.45, 2.75) is 23.7 Å². The Kier molecular flexibility index (Phi) is 3.81. The van der Waals surface area contributed by atoms with Crippen molar-refractivity contribution in [3.8, 4) is 5.75 Å². The molecular formula is C19H16FNO2S. The van der Waals surface area contributed by atoms with Crippen LogP contribution in [0.2, 0.25) is 0 Å². The minimum atomic E-state index is -0.287. The zero-order valence-electron chi connectivity index (χ0n) is 13.1. The van der Waals surface area contributed by atoms with Gasteiger partial charge in [0.05, 0.1) is 17.7 Å². The normalized spacial score (nSPS) is 19.4. The second kappa shape index (κ2) is 5.98. The number of carbonyl (C=O) groups is 1. The van der Waals surface area contributed by atoms with E-state index in [-0.39, 0.29) is 17.5 Å². The van der Waals surface area contributed by atoms with Gasteiger partial charge in [-0.15, -0.1) is 0 Å².